The zero-order chi connectivity index (χ0) is 32.5. The third kappa shape index (κ3) is 15.1. The highest BCUT2D eigenvalue weighted by molar-refractivity contribution is 5.79. The molecule has 1 aromatic carbocycles. The Labute approximate surface area is 247 Å². The van der Waals surface area contributed by atoms with E-state index in [1.807, 2.05) is 27.9 Å². The van der Waals surface area contributed by atoms with Crippen molar-refractivity contribution in [3.63, 3.8) is 0 Å². The normalized spacial score (nSPS) is 9.81. The number of nitrogens with zero attached hydrogens (tertiary/aromatic N) is 3. The first-order valence-electron chi connectivity index (χ1n) is 13.3. The lowest BCUT2D eigenvalue weighted by molar-refractivity contribution is -0.830. The minimum atomic E-state index is 0.146. The predicted octanol–water partition coefficient (Wildman–Crippen LogP) is 1.92. The van der Waals surface area contributed by atoms with Crippen molar-refractivity contribution < 1.29 is 35.0 Å². The molecule has 0 bridgehead atoms. The number of aryl methyl sites for hydroxylation is 3. The van der Waals surface area contributed by atoms with Gasteiger partial charge in [-0.3, -0.25) is 25.4 Å². The second kappa shape index (κ2) is 24.0. The fourth-order valence-corrected chi connectivity index (χ4v) is 3.04. The van der Waals surface area contributed by atoms with Crippen molar-refractivity contribution in [3.8, 4) is 0 Å². The van der Waals surface area contributed by atoms with Crippen LogP contribution >= 0.6 is 0 Å². The maximum absolute atomic E-state index is 10.3. The van der Waals surface area contributed by atoms with E-state index in [-0.39, 0.29) is 12.4 Å². The average molecular weight is 592 g/mol. The van der Waals surface area contributed by atoms with Gasteiger partial charge in [0.2, 0.25) is 24.2 Å². The Morgan fingerprint density at radius 1 is 1.07 bits per heavy atom. The second-order valence-corrected chi connectivity index (χ2v) is 8.18. The molecule has 0 fully saturated rings. The maximum Gasteiger partial charge on any atom is 0.385 e. The first-order valence-corrected chi connectivity index (χ1v) is 13.3. The first kappa shape index (κ1) is 39.3. The van der Waals surface area contributed by atoms with Gasteiger partial charge in [0.05, 0.1) is 23.6 Å². The number of primary amides is 1. The molecule has 234 valence electrons. The summed E-state index contributed by atoms with van der Waals surface area (Å²) >= 11 is 0. The van der Waals surface area contributed by atoms with Crippen molar-refractivity contribution >= 4 is 47.8 Å². The molecule has 11 N–H and O–H groups in total. The van der Waals surface area contributed by atoms with Gasteiger partial charge in [-0.05, 0) is 31.5 Å². The first-order chi connectivity index (χ1) is 20.1. The van der Waals surface area contributed by atoms with Gasteiger partial charge in [0.1, 0.15) is 0 Å². The number of guanidine groups is 1. The molecule has 0 saturated carbocycles. The molecule has 0 unspecified atom stereocenters. The number of amides is 2. The summed E-state index contributed by atoms with van der Waals surface area (Å²) in [5.74, 6) is 0.146. The van der Waals surface area contributed by atoms with E-state index in [0.29, 0.717) is 35.7 Å². The summed E-state index contributed by atoms with van der Waals surface area (Å²) in [6.45, 7) is 8.86. The van der Waals surface area contributed by atoms with Gasteiger partial charge < -0.3 is 30.7 Å². The Morgan fingerprint density at radius 2 is 1.67 bits per heavy atom. The Balaban J connectivity index is 0. The van der Waals surface area contributed by atoms with Crippen LogP contribution in [-0.2, 0) is 23.7 Å². The van der Waals surface area contributed by atoms with Crippen LogP contribution in [0.15, 0.2) is 48.8 Å². The second-order valence-electron chi connectivity index (χ2n) is 8.18. The topological polar surface area (TPSA) is 209 Å². The monoisotopic (exact) mass is 591 g/mol. The Bertz CT molecular complexity index is 1190. The number of anilines is 2. The smallest absolute Gasteiger partial charge is 0.385 e. The average Bonchev–Trinajstić information content (AvgIpc) is 3.54. The maximum atomic E-state index is 10.3. The summed E-state index contributed by atoms with van der Waals surface area (Å²) in [7, 11) is 5.70. The van der Waals surface area contributed by atoms with Gasteiger partial charge in [-0.2, -0.15) is 5.48 Å². The Kier molecular flexibility index (Phi) is 22.5. The summed E-state index contributed by atoms with van der Waals surface area (Å²) in [6.07, 6.45) is 7.31. The van der Waals surface area contributed by atoms with Crippen molar-refractivity contribution in [2.24, 2.45) is 25.6 Å². The Morgan fingerprint density at radius 3 is 2.10 bits per heavy atom. The summed E-state index contributed by atoms with van der Waals surface area (Å²) in [5, 5.41) is 27.3. The lowest BCUT2D eigenvalue weighted by Crippen LogP contribution is -2.74. The minimum Gasteiger partial charge on any atom is -0.387 e. The zero-order valence-electron chi connectivity index (χ0n) is 25.7. The largest absolute Gasteiger partial charge is 0.387 e. The van der Waals surface area contributed by atoms with E-state index in [2.05, 4.69) is 52.4 Å². The van der Waals surface area contributed by atoms with Crippen LogP contribution in [-0.4, -0.2) is 62.9 Å². The van der Waals surface area contributed by atoms with E-state index < -0.39 is 0 Å². The number of aldehydes is 1. The molecular weight excluding hydrogens is 542 g/mol. The van der Waals surface area contributed by atoms with Crippen LogP contribution in [0.2, 0.25) is 0 Å². The van der Waals surface area contributed by atoms with Gasteiger partial charge in [-0.25, -0.2) is 5.21 Å². The molecule has 0 saturated heterocycles. The van der Waals surface area contributed by atoms with E-state index in [4.69, 9.17) is 15.7 Å². The number of nitrogens with one attached hydrogen (secondary N) is 3. The zero-order valence-corrected chi connectivity index (χ0v) is 25.7. The van der Waals surface area contributed by atoms with Crippen molar-refractivity contribution in [3.05, 3.63) is 60.2 Å². The fourth-order valence-electron chi connectivity index (χ4n) is 3.04. The molecule has 2 heterocycles. The fraction of sp³-hybridized carbons (Fsp3) is 0.357. The summed E-state index contributed by atoms with van der Waals surface area (Å²) in [6, 6.07) is 10.6. The van der Waals surface area contributed by atoms with Crippen molar-refractivity contribution in [1.29, 1.82) is 0 Å². The number of para-hydroxylation sites is 2. The molecule has 0 aliphatic heterocycles. The van der Waals surface area contributed by atoms with Crippen molar-refractivity contribution in [2.45, 2.75) is 40.5 Å². The highest BCUT2D eigenvalue weighted by Gasteiger charge is 2.15. The summed E-state index contributed by atoms with van der Waals surface area (Å²) in [5.41, 5.74) is 15.3. The number of rotatable bonds is 9. The van der Waals surface area contributed by atoms with Crippen LogP contribution in [0.3, 0.4) is 0 Å². The number of benzene rings is 1. The summed E-state index contributed by atoms with van der Waals surface area (Å²) in [4.78, 5) is 28.9. The molecule has 42 heavy (non-hydrogen) atoms. The number of carbonyl (C=O) groups is 3. The van der Waals surface area contributed by atoms with Crippen LogP contribution < -0.4 is 32.9 Å². The van der Waals surface area contributed by atoms with Crippen molar-refractivity contribution in [2.75, 3.05) is 24.2 Å². The molecular formula is C28H49N9O5+2. The molecule has 3 aromatic rings. The molecule has 14 heteroatoms. The molecule has 0 spiro atoms. The summed E-state index contributed by atoms with van der Waals surface area (Å²) < 4.78 is 4.56. The number of hydrogen-bond donors (Lipinski definition) is 8. The van der Waals surface area contributed by atoms with Gasteiger partial charge in [0, 0.05) is 45.3 Å². The van der Waals surface area contributed by atoms with Gasteiger partial charge in [-0.1, -0.05) is 44.1 Å². The van der Waals surface area contributed by atoms with E-state index in [1.165, 1.54) is 11.4 Å². The number of hydrogen-bond acceptors (Lipinski definition) is 6. The van der Waals surface area contributed by atoms with Crippen LogP contribution in [0.25, 0.3) is 0 Å². The predicted molar refractivity (Wildman–Crippen MR) is 165 cm³/mol. The molecule has 0 aliphatic rings. The third-order valence-electron chi connectivity index (χ3n) is 5.30. The van der Waals surface area contributed by atoms with E-state index >= 15 is 0 Å². The van der Waals surface area contributed by atoms with Gasteiger partial charge in [0.15, 0.2) is 6.29 Å². The molecule has 3 rings (SSSR count). The number of carbonyl (C=O) groups excluding carboxylic acids is 3. The number of quaternary nitrogens is 1. The lowest BCUT2D eigenvalue weighted by Gasteiger charge is -2.05. The number of nitrogens with two attached hydrogens (primary N) is 3. The number of unbranched alkanes of at least 4 members (excludes halogenated alkanes) is 1. The molecule has 0 atom stereocenters. The molecule has 0 aliphatic carbocycles. The number of aromatic nitrogens is 2. The van der Waals surface area contributed by atoms with Crippen molar-refractivity contribution in [1.82, 2.24) is 14.5 Å². The molecule has 2 amide bonds. The highest BCUT2D eigenvalue weighted by Crippen LogP contribution is 2.17. The van der Waals surface area contributed by atoms with Crippen LogP contribution in [0.4, 0.5) is 22.7 Å². The SMILES string of the molecule is CC.CCCCN/C(N)=[N+](\O)c1ccccc1[NH2+]O.CNc1cc(C)n(C)c1.Cn1cc(NC=O)cc1C=O.NC=O. The van der Waals surface area contributed by atoms with Crippen LogP contribution in [0.5, 0.6) is 0 Å². The third-order valence-corrected chi connectivity index (χ3v) is 5.30. The van der Waals surface area contributed by atoms with Gasteiger partial charge in [0.25, 0.3) is 0 Å². The van der Waals surface area contributed by atoms with Crippen LogP contribution in [0, 0.1) is 6.92 Å². The van der Waals surface area contributed by atoms with Gasteiger partial charge in [-0.15, -0.1) is 0 Å². The quantitative estimate of drug-likeness (QED) is 0.0269. The van der Waals surface area contributed by atoms with E-state index in [1.54, 1.807) is 48.1 Å². The molecule has 2 aromatic heterocycles. The minimum absolute atomic E-state index is 0.146. The Hall–Kier alpha value is -4.82. The standard InChI is InChI=1S/C11H18N4O2.C7H8N2O2.C7H12N2.C2H6.CH3NO/c1-2-3-8-13-11(12)15(17)10-7-5-4-6-9(10)14-16;1-9-3-6(8-5-11)2-7(9)4-10;1-6-4-7(8-2)5-9(6)3;1-2;2-1-3/h4-7,14,16-17H,2-3,8H2,1H3,(H2,12,13);2-5H,1H3,(H,8,11);4-5,8H,1-3H3;1-2H3;1H,(H2,2,3)/p+2. The van der Waals surface area contributed by atoms with E-state index in [0.717, 1.165) is 29.3 Å². The molecule has 0 radical (unpaired) electrons. The van der Waals surface area contributed by atoms with E-state index in [9.17, 15) is 14.8 Å². The molecule has 14 nitrogen and oxygen atoms in total. The van der Waals surface area contributed by atoms with Gasteiger partial charge >= 0.3 is 5.96 Å². The van der Waals surface area contributed by atoms with Crippen LogP contribution in [0.1, 0.15) is 49.8 Å². The lowest BCUT2D eigenvalue weighted by atomic mass is 10.3. The highest BCUT2D eigenvalue weighted by atomic mass is 16.5.